The van der Waals surface area contributed by atoms with Crippen molar-refractivity contribution >= 4 is 11.9 Å². The SMILES string of the molecule is COC(=O)CC(C(=O)O)=C1CC(C)(C#N)C1. The highest BCUT2D eigenvalue weighted by atomic mass is 16.5. The Labute approximate surface area is 93.3 Å². The average Bonchev–Trinajstić information content (AvgIpc) is 2.21. The third kappa shape index (κ3) is 2.40. The fourth-order valence-corrected chi connectivity index (χ4v) is 1.75. The van der Waals surface area contributed by atoms with Crippen LogP contribution in [0.4, 0.5) is 0 Å². The van der Waals surface area contributed by atoms with Crippen LogP contribution < -0.4 is 0 Å². The lowest BCUT2D eigenvalue weighted by Crippen LogP contribution is -2.29. The summed E-state index contributed by atoms with van der Waals surface area (Å²) in [7, 11) is 1.21. The average molecular weight is 223 g/mol. The van der Waals surface area contributed by atoms with Gasteiger partial charge in [0, 0.05) is 5.57 Å². The van der Waals surface area contributed by atoms with E-state index in [1.807, 2.05) is 0 Å². The lowest BCUT2D eigenvalue weighted by atomic mass is 9.66. The molecule has 16 heavy (non-hydrogen) atoms. The summed E-state index contributed by atoms with van der Waals surface area (Å²) in [5.41, 5.74) is 0.258. The second-order valence-electron chi connectivity index (χ2n) is 4.17. The minimum atomic E-state index is -1.11. The van der Waals surface area contributed by atoms with E-state index in [0.717, 1.165) is 0 Å². The first-order valence-electron chi connectivity index (χ1n) is 4.84. The van der Waals surface area contributed by atoms with E-state index in [1.54, 1.807) is 6.92 Å². The molecule has 5 heteroatoms. The molecule has 0 atom stereocenters. The molecule has 0 saturated heterocycles. The van der Waals surface area contributed by atoms with Crippen LogP contribution in [0.25, 0.3) is 0 Å². The van der Waals surface area contributed by atoms with Gasteiger partial charge in [-0.25, -0.2) is 4.79 Å². The summed E-state index contributed by atoms with van der Waals surface area (Å²) < 4.78 is 4.43. The van der Waals surface area contributed by atoms with Crippen molar-refractivity contribution in [2.45, 2.75) is 26.2 Å². The molecule has 1 aliphatic carbocycles. The number of nitrogens with zero attached hydrogens (tertiary/aromatic N) is 1. The molecule has 5 nitrogen and oxygen atoms in total. The van der Waals surface area contributed by atoms with Crippen LogP contribution in [0.2, 0.25) is 0 Å². The molecular formula is C11H13NO4. The Morgan fingerprint density at radius 3 is 2.50 bits per heavy atom. The zero-order valence-corrected chi connectivity index (χ0v) is 9.24. The van der Waals surface area contributed by atoms with Gasteiger partial charge in [0.25, 0.3) is 0 Å². The van der Waals surface area contributed by atoms with Crippen molar-refractivity contribution in [3.05, 3.63) is 11.1 Å². The number of hydrogen-bond acceptors (Lipinski definition) is 4. The molecular weight excluding hydrogens is 210 g/mol. The van der Waals surface area contributed by atoms with Crippen LogP contribution >= 0.6 is 0 Å². The number of ether oxygens (including phenoxy) is 1. The molecule has 86 valence electrons. The largest absolute Gasteiger partial charge is 0.478 e. The summed E-state index contributed by atoms with van der Waals surface area (Å²) in [6, 6.07) is 2.13. The number of rotatable bonds is 3. The highest BCUT2D eigenvalue weighted by molar-refractivity contribution is 5.93. The number of aliphatic carboxylic acids is 1. The molecule has 0 aliphatic heterocycles. The van der Waals surface area contributed by atoms with Crippen molar-refractivity contribution < 1.29 is 19.4 Å². The summed E-state index contributed by atoms with van der Waals surface area (Å²) in [5.74, 6) is -1.68. The molecule has 0 bridgehead atoms. The van der Waals surface area contributed by atoms with E-state index in [1.165, 1.54) is 7.11 Å². The van der Waals surface area contributed by atoms with Crippen molar-refractivity contribution in [3.63, 3.8) is 0 Å². The lowest BCUT2D eigenvalue weighted by Gasteiger charge is -2.35. The van der Waals surface area contributed by atoms with Crippen LogP contribution in [0.1, 0.15) is 26.2 Å². The van der Waals surface area contributed by atoms with Gasteiger partial charge >= 0.3 is 11.9 Å². The second kappa shape index (κ2) is 4.35. The highest BCUT2D eigenvalue weighted by Crippen LogP contribution is 2.46. The molecule has 1 aliphatic rings. The molecule has 0 amide bonds. The number of carboxylic acid groups (broad SMARTS) is 1. The fraction of sp³-hybridized carbons (Fsp3) is 0.545. The van der Waals surface area contributed by atoms with Gasteiger partial charge in [-0.2, -0.15) is 5.26 Å². The molecule has 0 aromatic heterocycles. The van der Waals surface area contributed by atoms with Crippen molar-refractivity contribution in [1.82, 2.24) is 0 Å². The van der Waals surface area contributed by atoms with E-state index in [9.17, 15) is 9.59 Å². The van der Waals surface area contributed by atoms with Gasteiger partial charge in [-0.1, -0.05) is 5.57 Å². The van der Waals surface area contributed by atoms with Gasteiger partial charge in [0.05, 0.1) is 25.0 Å². The molecule has 1 rings (SSSR count). The Bertz CT molecular complexity index is 395. The van der Waals surface area contributed by atoms with Crippen LogP contribution in [0.15, 0.2) is 11.1 Å². The zero-order valence-electron chi connectivity index (χ0n) is 9.24. The third-order valence-corrected chi connectivity index (χ3v) is 2.71. The Morgan fingerprint density at radius 2 is 2.12 bits per heavy atom. The molecule has 0 heterocycles. The molecule has 0 spiro atoms. The van der Waals surface area contributed by atoms with Gasteiger partial charge in [0.2, 0.25) is 0 Å². The van der Waals surface area contributed by atoms with Gasteiger partial charge in [-0.05, 0) is 19.8 Å². The van der Waals surface area contributed by atoms with E-state index >= 15 is 0 Å². The number of methoxy groups -OCH3 is 1. The number of carbonyl (C=O) groups excluding carboxylic acids is 1. The molecule has 0 aromatic carbocycles. The molecule has 0 radical (unpaired) electrons. The molecule has 1 fully saturated rings. The first-order chi connectivity index (χ1) is 7.41. The predicted octanol–water partition coefficient (Wildman–Crippen LogP) is 1.25. The van der Waals surface area contributed by atoms with Gasteiger partial charge in [0.1, 0.15) is 0 Å². The van der Waals surface area contributed by atoms with Gasteiger partial charge in [-0.3, -0.25) is 4.79 Å². The summed E-state index contributed by atoms with van der Waals surface area (Å²) >= 11 is 0. The minimum absolute atomic E-state index is 0.0691. The highest BCUT2D eigenvalue weighted by Gasteiger charge is 2.39. The number of allylic oxidation sites excluding steroid dienone is 1. The first-order valence-corrected chi connectivity index (χ1v) is 4.84. The van der Waals surface area contributed by atoms with Gasteiger partial charge < -0.3 is 9.84 Å². The Morgan fingerprint density at radius 1 is 1.56 bits per heavy atom. The van der Waals surface area contributed by atoms with Gasteiger partial charge in [-0.15, -0.1) is 0 Å². The van der Waals surface area contributed by atoms with E-state index in [-0.39, 0.29) is 12.0 Å². The standard InChI is InChI=1S/C11H13NO4/c1-11(6-12)4-7(5-11)8(10(14)15)3-9(13)16-2/h3-5H2,1-2H3,(H,14,15). The van der Waals surface area contributed by atoms with E-state index in [2.05, 4.69) is 10.8 Å². The monoisotopic (exact) mass is 223 g/mol. The Hall–Kier alpha value is -1.83. The smallest absolute Gasteiger partial charge is 0.332 e. The molecule has 1 saturated carbocycles. The Kier molecular flexibility index (Phi) is 3.33. The Balaban J connectivity index is 2.82. The number of carbonyl (C=O) groups is 2. The lowest BCUT2D eigenvalue weighted by molar-refractivity contribution is -0.142. The summed E-state index contributed by atoms with van der Waals surface area (Å²) in [5, 5.41) is 17.7. The third-order valence-electron chi connectivity index (χ3n) is 2.71. The summed E-state index contributed by atoms with van der Waals surface area (Å²) in [4.78, 5) is 22.0. The van der Waals surface area contributed by atoms with Crippen molar-refractivity contribution in [3.8, 4) is 6.07 Å². The maximum absolute atomic E-state index is 11.0. The molecule has 1 N–H and O–H groups in total. The summed E-state index contributed by atoms with van der Waals surface area (Å²) in [6.07, 6.45) is 0.604. The minimum Gasteiger partial charge on any atom is -0.478 e. The van der Waals surface area contributed by atoms with Crippen LogP contribution in [0.5, 0.6) is 0 Å². The normalized spacial score (nSPS) is 22.9. The van der Waals surface area contributed by atoms with Crippen LogP contribution in [0.3, 0.4) is 0 Å². The maximum Gasteiger partial charge on any atom is 0.332 e. The second-order valence-corrected chi connectivity index (χ2v) is 4.17. The maximum atomic E-state index is 11.0. The first kappa shape index (κ1) is 12.2. The molecule has 0 unspecified atom stereocenters. The van der Waals surface area contributed by atoms with E-state index < -0.39 is 17.4 Å². The van der Waals surface area contributed by atoms with Crippen LogP contribution in [-0.4, -0.2) is 24.2 Å². The van der Waals surface area contributed by atoms with Crippen LogP contribution in [-0.2, 0) is 14.3 Å². The van der Waals surface area contributed by atoms with Crippen molar-refractivity contribution in [2.75, 3.05) is 7.11 Å². The van der Waals surface area contributed by atoms with Crippen LogP contribution in [0, 0.1) is 16.7 Å². The van der Waals surface area contributed by atoms with E-state index in [4.69, 9.17) is 10.4 Å². The zero-order chi connectivity index (χ0) is 12.3. The topological polar surface area (TPSA) is 87.4 Å². The summed E-state index contributed by atoms with van der Waals surface area (Å²) in [6.45, 7) is 1.77. The number of carboxylic acids is 1. The quantitative estimate of drug-likeness (QED) is 0.574. The fourth-order valence-electron chi connectivity index (χ4n) is 1.75. The number of hydrogen-bond donors (Lipinski definition) is 1. The van der Waals surface area contributed by atoms with Crippen molar-refractivity contribution in [2.24, 2.45) is 5.41 Å². The number of nitriles is 1. The van der Waals surface area contributed by atoms with Gasteiger partial charge in [0.15, 0.2) is 0 Å². The van der Waals surface area contributed by atoms with E-state index in [0.29, 0.717) is 18.4 Å². The predicted molar refractivity (Wildman–Crippen MR) is 54.2 cm³/mol. The number of esters is 1. The van der Waals surface area contributed by atoms with Crippen molar-refractivity contribution in [1.29, 1.82) is 5.26 Å². The molecule has 0 aromatic rings.